The standard InChI is InChI=1S/C7H11N5OS/c1-4-2-5(12-13-4)3-14-7(10)11-6(8)9/h2H,3H2,1H3,(H5,8,9,10,11). The number of nitrogens with two attached hydrogens (primary N) is 2. The van der Waals surface area contributed by atoms with Crippen molar-refractivity contribution in [2.45, 2.75) is 12.7 Å². The number of rotatable bonds is 2. The van der Waals surface area contributed by atoms with Gasteiger partial charge in [-0.05, 0) is 6.92 Å². The van der Waals surface area contributed by atoms with E-state index in [0.717, 1.165) is 11.5 Å². The number of aromatic nitrogens is 1. The fourth-order valence-corrected chi connectivity index (χ4v) is 1.37. The van der Waals surface area contributed by atoms with Crippen LogP contribution in [0.15, 0.2) is 15.6 Å². The molecular weight excluding hydrogens is 202 g/mol. The molecular formula is C7H11N5OS. The molecule has 0 fully saturated rings. The highest BCUT2D eigenvalue weighted by Gasteiger charge is 2.02. The van der Waals surface area contributed by atoms with Gasteiger partial charge in [0, 0.05) is 11.8 Å². The third kappa shape index (κ3) is 3.48. The number of nitrogens with one attached hydrogen (secondary N) is 1. The maximum Gasteiger partial charge on any atom is 0.193 e. The number of aliphatic imine (C=N–C) groups is 1. The molecule has 6 nitrogen and oxygen atoms in total. The third-order valence-corrected chi connectivity index (χ3v) is 2.07. The van der Waals surface area contributed by atoms with E-state index in [2.05, 4.69) is 10.1 Å². The first kappa shape index (κ1) is 10.6. The molecule has 1 heterocycles. The molecule has 0 aliphatic heterocycles. The summed E-state index contributed by atoms with van der Waals surface area (Å²) in [6.07, 6.45) is 0. The second-order valence-electron chi connectivity index (χ2n) is 2.56. The first-order chi connectivity index (χ1) is 6.58. The molecule has 0 saturated heterocycles. The molecule has 76 valence electrons. The van der Waals surface area contributed by atoms with Gasteiger partial charge in [-0.1, -0.05) is 16.9 Å². The Balaban J connectivity index is 2.41. The SMILES string of the molecule is Cc1cc(CSC(=N)N=C(N)N)no1. The molecule has 5 N–H and O–H groups in total. The molecule has 0 atom stereocenters. The van der Waals surface area contributed by atoms with Crippen molar-refractivity contribution in [1.82, 2.24) is 5.16 Å². The van der Waals surface area contributed by atoms with Gasteiger partial charge >= 0.3 is 0 Å². The van der Waals surface area contributed by atoms with Gasteiger partial charge in [0.1, 0.15) is 5.76 Å². The fourth-order valence-electron chi connectivity index (χ4n) is 0.778. The predicted octanol–water partition coefficient (Wildman–Crippen LogP) is 0.424. The smallest absolute Gasteiger partial charge is 0.193 e. The summed E-state index contributed by atoms with van der Waals surface area (Å²) in [7, 11) is 0. The minimum atomic E-state index is -0.112. The molecule has 14 heavy (non-hydrogen) atoms. The molecule has 0 amide bonds. The Labute approximate surface area is 85.2 Å². The lowest BCUT2D eigenvalue weighted by atomic mass is 10.4. The summed E-state index contributed by atoms with van der Waals surface area (Å²) in [6, 6.07) is 1.80. The van der Waals surface area contributed by atoms with E-state index in [9.17, 15) is 0 Å². The van der Waals surface area contributed by atoms with Crippen LogP contribution < -0.4 is 11.5 Å². The molecule has 0 aliphatic carbocycles. The van der Waals surface area contributed by atoms with Crippen LogP contribution in [-0.4, -0.2) is 16.3 Å². The molecule has 7 heteroatoms. The Kier molecular flexibility index (Phi) is 3.52. The van der Waals surface area contributed by atoms with Crippen LogP contribution in [0.25, 0.3) is 0 Å². The van der Waals surface area contributed by atoms with Gasteiger partial charge in [0.05, 0.1) is 5.69 Å². The summed E-state index contributed by atoms with van der Waals surface area (Å²) in [4.78, 5) is 3.56. The van der Waals surface area contributed by atoms with Gasteiger partial charge in [-0.3, -0.25) is 5.41 Å². The summed E-state index contributed by atoms with van der Waals surface area (Å²) in [5, 5.41) is 11.2. The summed E-state index contributed by atoms with van der Waals surface area (Å²) in [6.45, 7) is 1.81. The number of amidine groups is 1. The molecule has 0 aromatic carbocycles. The quantitative estimate of drug-likeness (QED) is 0.486. The summed E-state index contributed by atoms with van der Waals surface area (Å²) in [5.41, 5.74) is 11.0. The third-order valence-electron chi connectivity index (χ3n) is 1.26. The van der Waals surface area contributed by atoms with Gasteiger partial charge in [-0.15, -0.1) is 0 Å². The largest absolute Gasteiger partial charge is 0.370 e. The highest BCUT2D eigenvalue weighted by atomic mass is 32.2. The molecule has 0 saturated carbocycles. The summed E-state index contributed by atoms with van der Waals surface area (Å²) < 4.78 is 4.86. The van der Waals surface area contributed by atoms with E-state index < -0.39 is 0 Å². The average molecular weight is 213 g/mol. The Bertz CT molecular complexity index is 355. The van der Waals surface area contributed by atoms with Gasteiger partial charge < -0.3 is 16.0 Å². The Morgan fingerprint density at radius 2 is 2.43 bits per heavy atom. The molecule has 1 rings (SSSR count). The topological polar surface area (TPSA) is 114 Å². The molecule has 1 aromatic heterocycles. The Hall–Kier alpha value is -1.50. The van der Waals surface area contributed by atoms with Gasteiger partial charge in [-0.25, -0.2) is 0 Å². The van der Waals surface area contributed by atoms with Crippen LogP contribution in [-0.2, 0) is 5.75 Å². The van der Waals surface area contributed by atoms with Crippen LogP contribution in [0.3, 0.4) is 0 Å². The van der Waals surface area contributed by atoms with E-state index in [1.165, 1.54) is 11.8 Å². The van der Waals surface area contributed by atoms with Crippen molar-refractivity contribution in [3.8, 4) is 0 Å². The summed E-state index contributed by atoms with van der Waals surface area (Å²) in [5.74, 6) is 1.15. The van der Waals surface area contributed by atoms with E-state index in [1.54, 1.807) is 6.07 Å². The molecule has 0 unspecified atom stereocenters. The van der Waals surface area contributed by atoms with Crippen LogP contribution in [0.5, 0.6) is 0 Å². The van der Waals surface area contributed by atoms with Gasteiger partial charge in [-0.2, -0.15) is 4.99 Å². The van der Waals surface area contributed by atoms with E-state index in [1.807, 2.05) is 6.92 Å². The zero-order valence-corrected chi connectivity index (χ0v) is 8.47. The Morgan fingerprint density at radius 3 is 2.93 bits per heavy atom. The molecule has 0 radical (unpaired) electrons. The molecule has 0 bridgehead atoms. The van der Waals surface area contributed by atoms with E-state index >= 15 is 0 Å². The van der Waals surface area contributed by atoms with Crippen LogP contribution in [0.2, 0.25) is 0 Å². The number of thioether (sulfide) groups is 1. The zero-order valence-electron chi connectivity index (χ0n) is 7.65. The number of hydrogen-bond acceptors (Lipinski definition) is 4. The first-order valence-corrected chi connectivity index (χ1v) is 4.79. The lowest BCUT2D eigenvalue weighted by Gasteiger charge is -1.95. The number of hydrogen-bond donors (Lipinski definition) is 3. The van der Waals surface area contributed by atoms with Crippen molar-refractivity contribution in [3.63, 3.8) is 0 Å². The minimum Gasteiger partial charge on any atom is -0.370 e. The average Bonchev–Trinajstić information content (AvgIpc) is 2.47. The van der Waals surface area contributed by atoms with Crippen molar-refractivity contribution in [2.75, 3.05) is 0 Å². The fraction of sp³-hybridized carbons (Fsp3) is 0.286. The van der Waals surface area contributed by atoms with E-state index in [0.29, 0.717) is 5.75 Å². The van der Waals surface area contributed by atoms with Gasteiger partial charge in [0.2, 0.25) is 0 Å². The predicted molar refractivity (Wildman–Crippen MR) is 56.1 cm³/mol. The van der Waals surface area contributed by atoms with Crippen molar-refractivity contribution in [1.29, 1.82) is 5.41 Å². The van der Waals surface area contributed by atoms with E-state index in [-0.39, 0.29) is 11.1 Å². The number of nitrogens with zero attached hydrogens (tertiary/aromatic N) is 2. The number of guanidine groups is 1. The molecule has 0 spiro atoms. The van der Waals surface area contributed by atoms with Crippen molar-refractivity contribution in [3.05, 3.63) is 17.5 Å². The van der Waals surface area contributed by atoms with Gasteiger partial charge in [0.25, 0.3) is 0 Å². The van der Waals surface area contributed by atoms with Crippen LogP contribution in [0.4, 0.5) is 0 Å². The van der Waals surface area contributed by atoms with Crippen molar-refractivity contribution >= 4 is 22.9 Å². The minimum absolute atomic E-state index is 0.0608. The number of aryl methyl sites for hydroxylation is 1. The van der Waals surface area contributed by atoms with Crippen LogP contribution in [0.1, 0.15) is 11.5 Å². The second kappa shape index (κ2) is 4.66. The normalized spacial score (nSPS) is 9.79. The van der Waals surface area contributed by atoms with E-state index in [4.69, 9.17) is 21.4 Å². The first-order valence-electron chi connectivity index (χ1n) is 3.81. The molecule has 1 aromatic rings. The highest BCUT2D eigenvalue weighted by Crippen LogP contribution is 2.13. The van der Waals surface area contributed by atoms with Crippen LogP contribution >= 0.6 is 11.8 Å². The summed E-state index contributed by atoms with van der Waals surface area (Å²) >= 11 is 1.18. The maximum absolute atomic E-state index is 7.33. The lowest BCUT2D eigenvalue weighted by molar-refractivity contribution is 0.393. The van der Waals surface area contributed by atoms with Crippen LogP contribution in [0, 0.1) is 12.3 Å². The van der Waals surface area contributed by atoms with Gasteiger partial charge in [0.15, 0.2) is 11.1 Å². The highest BCUT2D eigenvalue weighted by molar-refractivity contribution is 8.13. The molecule has 0 aliphatic rings. The monoisotopic (exact) mass is 213 g/mol. The second-order valence-corrected chi connectivity index (χ2v) is 3.52. The van der Waals surface area contributed by atoms with Crippen molar-refractivity contribution < 1.29 is 4.52 Å². The maximum atomic E-state index is 7.33. The lowest BCUT2D eigenvalue weighted by Crippen LogP contribution is -2.23. The zero-order chi connectivity index (χ0) is 10.6. The van der Waals surface area contributed by atoms with Crippen molar-refractivity contribution in [2.24, 2.45) is 16.5 Å². The Morgan fingerprint density at radius 1 is 1.71 bits per heavy atom.